The highest BCUT2D eigenvalue weighted by atomic mass is 14.8. The Morgan fingerprint density at radius 3 is 2.43 bits per heavy atom. The van der Waals surface area contributed by atoms with Crippen molar-refractivity contribution in [1.82, 2.24) is 0 Å². The highest BCUT2D eigenvalue weighted by Gasteiger charge is 2.40. The van der Waals surface area contributed by atoms with Gasteiger partial charge in [0.15, 0.2) is 0 Å². The van der Waals surface area contributed by atoms with E-state index < -0.39 is 0 Å². The van der Waals surface area contributed by atoms with Crippen molar-refractivity contribution in [3.05, 3.63) is 34.9 Å². The molecule has 0 heterocycles. The van der Waals surface area contributed by atoms with Crippen LogP contribution in [0.4, 0.5) is 0 Å². The van der Waals surface area contributed by atoms with Gasteiger partial charge in [-0.3, -0.25) is 0 Å². The normalized spacial score (nSPS) is 20.6. The first-order chi connectivity index (χ1) is 6.51. The van der Waals surface area contributed by atoms with E-state index in [9.17, 15) is 0 Å². The van der Waals surface area contributed by atoms with Crippen LogP contribution in [0.3, 0.4) is 0 Å². The molecule has 0 saturated heterocycles. The second-order valence-corrected chi connectivity index (χ2v) is 4.88. The third-order valence-corrected chi connectivity index (χ3v) is 3.39. The largest absolute Gasteiger partial charge is 0.321 e. The molecule has 0 amide bonds. The molecule has 0 aromatic heterocycles. The molecule has 2 rings (SSSR count). The molecule has 1 aromatic carbocycles. The molecule has 0 radical (unpaired) electrons. The van der Waals surface area contributed by atoms with Crippen LogP contribution in [0.2, 0.25) is 0 Å². The van der Waals surface area contributed by atoms with Gasteiger partial charge in [-0.15, -0.1) is 0 Å². The Hall–Kier alpha value is -0.820. The van der Waals surface area contributed by atoms with Crippen molar-refractivity contribution in [3.63, 3.8) is 0 Å². The number of aryl methyl sites for hydroxylation is 2. The predicted molar refractivity (Wildman–Crippen MR) is 60.2 cm³/mol. The lowest BCUT2D eigenvalue weighted by Gasteiger charge is -2.27. The zero-order valence-corrected chi connectivity index (χ0v) is 9.30. The molecule has 0 aliphatic heterocycles. The molecule has 1 saturated carbocycles. The fourth-order valence-electron chi connectivity index (χ4n) is 2.32. The Morgan fingerprint density at radius 1 is 1.29 bits per heavy atom. The number of hydrogen-bond donors (Lipinski definition) is 1. The predicted octanol–water partition coefficient (Wildman–Crippen LogP) is 2.89. The second-order valence-electron chi connectivity index (χ2n) is 4.88. The van der Waals surface area contributed by atoms with Gasteiger partial charge in [0, 0.05) is 5.54 Å². The van der Waals surface area contributed by atoms with E-state index in [4.69, 9.17) is 5.73 Å². The summed E-state index contributed by atoms with van der Waals surface area (Å²) in [5.74, 6) is 0.698. The monoisotopic (exact) mass is 189 g/mol. The van der Waals surface area contributed by atoms with Crippen molar-refractivity contribution in [2.75, 3.05) is 0 Å². The average Bonchev–Trinajstić information content (AvgIpc) is 2.84. The van der Waals surface area contributed by atoms with Crippen LogP contribution < -0.4 is 5.73 Å². The van der Waals surface area contributed by atoms with Crippen LogP contribution in [0.25, 0.3) is 0 Å². The molecular weight excluding hydrogens is 170 g/mol. The van der Waals surface area contributed by atoms with Crippen LogP contribution in [0.15, 0.2) is 18.2 Å². The van der Waals surface area contributed by atoms with Gasteiger partial charge < -0.3 is 5.73 Å². The maximum atomic E-state index is 6.39. The third kappa shape index (κ3) is 1.57. The molecule has 1 atom stereocenters. The van der Waals surface area contributed by atoms with Gasteiger partial charge in [-0.05, 0) is 50.7 Å². The summed E-state index contributed by atoms with van der Waals surface area (Å²) in [7, 11) is 0. The van der Waals surface area contributed by atoms with E-state index in [0.29, 0.717) is 5.92 Å². The Bertz CT molecular complexity index is 348. The summed E-state index contributed by atoms with van der Waals surface area (Å²) in [6.45, 7) is 6.46. The van der Waals surface area contributed by atoms with E-state index in [1.54, 1.807) is 0 Å². The van der Waals surface area contributed by atoms with Gasteiger partial charge in [0.25, 0.3) is 0 Å². The SMILES string of the molecule is Cc1ccc(C(C)(N)C2CC2)c(C)c1. The summed E-state index contributed by atoms with van der Waals surface area (Å²) in [6.07, 6.45) is 2.58. The minimum atomic E-state index is -0.113. The van der Waals surface area contributed by atoms with Crippen LogP contribution in [-0.4, -0.2) is 0 Å². The Balaban J connectivity index is 2.40. The van der Waals surface area contributed by atoms with Crippen molar-refractivity contribution >= 4 is 0 Å². The summed E-state index contributed by atoms with van der Waals surface area (Å²) in [6, 6.07) is 6.58. The summed E-state index contributed by atoms with van der Waals surface area (Å²) < 4.78 is 0. The van der Waals surface area contributed by atoms with Gasteiger partial charge >= 0.3 is 0 Å². The van der Waals surface area contributed by atoms with Crippen LogP contribution in [0.1, 0.15) is 36.5 Å². The molecule has 2 N–H and O–H groups in total. The van der Waals surface area contributed by atoms with Gasteiger partial charge in [0.05, 0.1) is 0 Å². The first kappa shape index (κ1) is 9.72. The lowest BCUT2D eigenvalue weighted by Crippen LogP contribution is -2.36. The Labute approximate surface area is 86.3 Å². The molecule has 0 bridgehead atoms. The van der Waals surface area contributed by atoms with Crippen LogP contribution in [0.5, 0.6) is 0 Å². The van der Waals surface area contributed by atoms with Gasteiger partial charge in [-0.2, -0.15) is 0 Å². The smallest absolute Gasteiger partial charge is 0.0412 e. The van der Waals surface area contributed by atoms with Crippen LogP contribution >= 0.6 is 0 Å². The summed E-state index contributed by atoms with van der Waals surface area (Å²) in [5.41, 5.74) is 10.3. The maximum absolute atomic E-state index is 6.39. The van der Waals surface area contributed by atoms with Gasteiger partial charge in [0.2, 0.25) is 0 Å². The van der Waals surface area contributed by atoms with Crippen LogP contribution in [0, 0.1) is 19.8 Å². The quantitative estimate of drug-likeness (QED) is 0.760. The van der Waals surface area contributed by atoms with E-state index in [0.717, 1.165) is 0 Å². The number of rotatable bonds is 2. The molecule has 1 aliphatic rings. The highest BCUT2D eigenvalue weighted by molar-refractivity contribution is 5.36. The molecular formula is C13H19N. The Morgan fingerprint density at radius 2 is 1.93 bits per heavy atom. The summed E-state index contributed by atoms with van der Waals surface area (Å²) in [5, 5.41) is 0. The molecule has 1 aromatic rings. The molecule has 1 fully saturated rings. The van der Waals surface area contributed by atoms with Crippen molar-refractivity contribution in [2.45, 2.75) is 39.2 Å². The molecule has 0 spiro atoms. The van der Waals surface area contributed by atoms with E-state index in [2.05, 4.69) is 39.0 Å². The van der Waals surface area contributed by atoms with E-state index in [1.165, 1.54) is 29.5 Å². The zero-order valence-electron chi connectivity index (χ0n) is 9.30. The van der Waals surface area contributed by atoms with Gasteiger partial charge in [-0.25, -0.2) is 0 Å². The number of hydrogen-bond acceptors (Lipinski definition) is 1. The van der Waals surface area contributed by atoms with Crippen molar-refractivity contribution in [2.24, 2.45) is 11.7 Å². The maximum Gasteiger partial charge on any atom is 0.0412 e. The van der Waals surface area contributed by atoms with Crippen molar-refractivity contribution in [3.8, 4) is 0 Å². The number of nitrogens with two attached hydrogens (primary N) is 1. The minimum Gasteiger partial charge on any atom is -0.321 e. The van der Waals surface area contributed by atoms with Crippen LogP contribution in [-0.2, 0) is 5.54 Å². The minimum absolute atomic E-state index is 0.113. The first-order valence-corrected chi connectivity index (χ1v) is 5.38. The molecule has 1 heteroatoms. The molecule has 76 valence electrons. The lowest BCUT2D eigenvalue weighted by molar-refractivity contribution is 0.425. The fourth-order valence-corrected chi connectivity index (χ4v) is 2.32. The molecule has 1 unspecified atom stereocenters. The highest BCUT2D eigenvalue weighted by Crippen LogP contribution is 2.44. The van der Waals surface area contributed by atoms with Gasteiger partial charge in [-0.1, -0.05) is 23.8 Å². The second kappa shape index (κ2) is 3.09. The van der Waals surface area contributed by atoms with E-state index in [1.807, 2.05) is 0 Å². The Kier molecular flexibility index (Phi) is 2.15. The zero-order chi connectivity index (χ0) is 10.3. The fraction of sp³-hybridized carbons (Fsp3) is 0.538. The molecule has 1 nitrogen and oxygen atoms in total. The molecule has 1 aliphatic carbocycles. The summed E-state index contributed by atoms with van der Waals surface area (Å²) >= 11 is 0. The standard InChI is InChI=1S/C13H19N/c1-9-4-7-12(10(2)8-9)13(3,14)11-5-6-11/h4,7-8,11H,5-6,14H2,1-3H3. The summed E-state index contributed by atoms with van der Waals surface area (Å²) in [4.78, 5) is 0. The molecule has 14 heavy (non-hydrogen) atoms. The average molecular weight is 189 g/mol. The lowest BCUT2D eigenvalue weighted by atomic mass is 9.85. The first-order valence-electron chi connectivity index (χ1n) is 5.38. The third-order valence-electron chi connectivity index (χ3n) is 3.39. The van der Waals surface area contributed by atoms with E-state index in [-0.39, 0.29) is 5.54 Å². The van der Waals surface area contributed by atoms with Gasteiger partial charge in [0.1, 0.15) is 0 Å². The van der Waals surface area contributed by atoms with Crippen molar-refractivity contribution < 1.29 is 0 Å². The topological polar surface area (TPSA) is 26.0 Å². The number of benzene rings is 1. The van der Waals surface area contributed by atoms with E-state index >= 15 is 0 Å². The van der Waals surface area contributed by atoms with Crippen molar-refractivity contribution in [1.29, 1.82) is 0 Å².